The first-order valence-electron chi connectivity index (χ1n) is 11.1. The first-order valence-corrected chi connectivity index (χ1v) is 12.3. The number of halogens is 1. The summed E-state index contributed by atoms with van der Waals surface area (Å²) in [5.41, 5.74) is 3.73. The highest BCUT2D eigenvalue weighted by Crippen LogP contribution is 2.29. The van der Waals surface area contributed by atoms with Gasteiger partial charge >= 0.3 is 5.97 Å². The molecule has 7 nitrogen and oxygen atoms in total. The van der Waals surface area contributed by atoms with Crippen molar-refractivity contribution < 1.29 is 14.3 Å². The molecule has 0 aliphatic carbocycles. The summed E-state index contributed by atoms with van der Waals surface area (Å²) in [7, 11) is 0. The Bertz CT molecular complexity index is 1150. The molecule has 1 unspecified atom stereocenters. The number of hydrogen-bond donors (Lipinski definition) is 0. The molecule has 0 saturated heterocycles. The third kappa shape index (κ3) is 6.95. The predicted octanol–water partition coefficient (Wildman–Crippen LogP) is 7.11. The molecule has 0 bridgehead atoms. The van der Waals surface area contributed by atoms with Crippen molar-refractivity contribution in [2.24, 2.45) is 10.2 Å². The van der Waals surface area contributed by atoms with E-state index in [1.165, 1.54) is 5.56 Å². The molecular formula is C25H27ClN4O3S. The van der Waals surface area contributed by atoms with Crippen molar-refractivity contribution in [3.63, 3.8) is 0 Å². The smallest absolute Gasteiger partial charge is 0.325 e. The van der Waals surface area contributed by atoms with Crippen LogP contribution >= 0.6 is 22.9 Å². The van der Waals surface area contributed by atoms with Crippen molar-refractivity contribution in [1.82, 2.24) is 4.98 Å². The third-order valence-electron chi connectivity index (χ3n) is 5.41. The minimum absolute atomic E-state index is 0.123. The topological polar surface area (TPSA) is 84.2 Å². The first kappa shape index (κ1) is 25.5. The van der Waals surface area contributed by atoms with E-state index >= 15 is 0 Å². The number of esters is 1. The van der Waals surface area contributed by atoms with E-state index in [0.717, 1.165) is 29.0 Å². The number of azo groups is 1. The van der Waals surface area contributed by atoms with Crippen LogP contribution in [0.2, 0.25) is 5.15 Å². The summed E-state index contributed by atoms with van der Waals surface area (Å²) in [5, 5.41) is 8.59. The van der Waals surface area contributed by atoms with Gasteiger partial charge in [0.05, 0.1) is 5.69 Å². The molecule has 0 fully saturated rings. The summed E-state index contributed by atoms with van der Waals surface area (Å²) >= 11 is 6.92. The average molecular weight is 499 g/mol. The standard InChI is InChI=1S/C25H27ClN4O3S/c1-4-17(3)19-8-6-7-18(13-19)16-33-23(32)14-30(5-2)21-11-9-20(10-12-21)28-29-25-27-24(26)22(15-31)34-25/h6-13,15,17H,4-5,14,16H2,1-3H3. The van der Waals surface area contributed by atoms with Gasteiger partial charge in [-0.3, -0.25) is 9.59 Å². The van der Waals surface area contributed by atoms with Crippen LogP contribution < -0.4 is 4.90 Å². The Morgan fingerprint density at radius 2 is 1.97 bits per heavy atom. The van der Waals surface area contributed by atoms with Crippen LogP contribution in [0.5, 0.6) is 0 Å². The Labute approximate surface area is 208 Å². The molecule has 1 atom stereocenters. The molecule has 2 aromatic carbocycles. The van der Waals surface area contributed by atoms with Crippen LogP contribution in [-0.2, 0) is 16.1 Å². The molecule has 1 heterocycles. The molecule has 0 aliphatic heterocycles. The summed E-state index contributed by atoms with van der Waals surface area (Å²) in [6.07, 6.45) is 1.71. The van der Waals surface area contributed by atoms with Gasteiger partial charge in [-0.15, -0.1) is 10.2 Å². The molecule has 0 saturated carbocycles. The summed E-state index contributed by atoms with van der Waals surface area (Å²) in [5.74, 6) is 0.188. The summed E-state index contributed by atoms with van der Waals surface area (Å²) < 4.78 is 5.53. The van der Waals surface area contributed by atoms with Crippen molar-refractivity contribution >= 4 is 51.7 Å². The van der Waals surface area contributed by atoms with E-state index in [4.69, 9.17) is 16.3 Å². The van der Waals surface area contributed by atoms with Crippen LogP contribution in [0.4, 0.5) is 16.5 Å². The molecule has 0 radical (unpaired) electrons. The molecule has 0 spiro atoms. The minimum Gasteiger partial charge on any atom is -0.459 e. The van der Waals surface area contributed by atoms with E-state index < -0.39 is 0 Å². The van der Waals surface area contributed by atoms with Gasteiger partial charge in [-0.2, -0.15) is 0 Å². The number of anilines is 1. The fourth-order valence-corrected chi connectivity index (χ4v) is 4.11. The molecule has 0 aliphatic rings. The fourth-order valence-electron chi connectivity index (χ4n) is 3.22. The molecule has 9 heteroatoms. The Hall–Kier alpha value is -3.10. The van der Waals surface area contributed by atoms with Gasteiger partial charge in [0, 0.05) is 12.2 Å². The lowest BCUT2D eigenvalue weighted by Gasteiger charge is -2.22. The van der Waals surface area contributed by atoms with E-state index in [-0.39, 0.29) is 24.3 Å². The molecule has 178 valence electrons. The summed E-state index contributed by atoms with van der Waals surface area (Å²) in [6, 6.07) is 15.5. The maximum absolute atomic E-state index is 12.5. The van der Waals surface area contributed by atoms with Crippen LogP contribution in [0.25, 0.3) is 0 Å². The number of carbonyl (C=O) groups is 2. The molecular weight excluding hydrogens is 472 g/mol. The van der Waals surface area contributed by atoms with Gasteiger partial charge in [-0.1, -0.05) is 61.1 Å². The van der Waals surface area contributed by atoms with E-state index in [1.54, 1.807) is 12.1 Å². The van der Waals surface area contributed by atoms with Crippen LogP contribution in [0.1, 0.15) is 53.9 Å². The first-order chi connectivity index (χ1) is 16.4. The molecule has 0 N–H and O–H groups in total. The van der Waals surface area contributed by atoms with Gasteiger partial charge in [0.25, 0.3) is 0 Å². The zero-order valence-corrected chi connectivity index (χ0v) is 21.0. The number of hydrogen-bond acceptors (Lipinski definition) is 8. The van der Waals surface area contributed by atoms with Crippen molar-refractivity contribution in [3.05, 3.63) is 69.7 Å². The van der Waals surface area contributed by atoms with Crippen molar-refractivity contribution in [3.8, 4) is 0 Å². The molecule has 0 amide bonds. The number of aromatic nitrogens is 1. The van der Waals surface area contributed by atoms with Gasteiger partial charge in [0.2, 0.25) is 5.13 Å². The van der Waals surface area contributed by atoms with E-state index in [2.05, 4.69) is 41.2 Å². The number of aldehydes is 1. The van der Waals surface area contributed by atoms with Gasteiger partial charge in [0.1, 0.15) is 18.0 Å². The lowest BCUT2D eigenvalue weighted by atomic mass is 9.97. The summed E-state index contributed by atoms with van der Waals surface area (Å²) in [4.78, 5) is 29.6. The number of nitrogens with zero attached hydrogens (tertiary/aromatic N) is 4. The normalized spacial score (nSPS) is 12.0. The van der Waals surface area contributed by atoms with Crippen LogP contribution in [0.3, 0.4) is 0 Å². The highest BCUT2D eigenvalue weighted by Gasteiger charge is 2.12. The Kier molecular flexibility index (Phi) is 9.30. The second-order valence-corrected chi connectivity index (χ2v) is 9.08. The van der Waals surface area contributed by atoms with Crippen LogP contribution in [-0.4, -0.2) is 30.3 Å². The second-order valence-electron chi connectivity index (χ2n) is 7.71. The van der Waals surface area contributed by atoms with Gasteiger partial charge in [-0.05, 0) is 54.7 Å². The van der Waals surface area contributed by atoms with E-state index in [1.807, 2.05) is 36.1 Å². The molecule has 1 aromatic heterocycles. The van der Waals surface area contributed by atoms with Crippen molar-refractivity contribution in [2.75, 3.05) is 18.0 Å². The molecule has 34 heavy (non-hydrogen) atoms. The molecule has 3 rings (SSSR count). The number of likely N-dealkylation sites (N-methyl/N-ethyl adjacent to an activating group) is 1. The van der Waals surface area contributed by atoms with E-state index in [0.29, 0.717) is 34.4 Å². The molecule has 3 aromatic rings. The van der Waals surface area contributed by atoms with Crippen molar-refractivity contribution in [1.29, 1.82) is 0 Å². The number of rotatable bonds is 11. The quantitative estimate of drug-likeness (QED) is 0.160. The minimum atomic E-state index is -0.286. The lowest BCUT2D eigenvalue weighted by molar-refractivity contribution is -0.143. The monoisotopic (exact) mass is 498 g/mol. The highest BCUT2D eigenvalue weighted by atomic mass is 35.5. The largest absolute Gasteiger partial charge is 0.459 e. The van der Waals surface area contributed by atoms with Gasteiger partial charge < -0.3 is 9.64 Å². The zero-order chi connectivity index (χ0) is 24.5. The van der Waals surface area contributed by atoms with Gasteiger partial charge in [0.15, 0.2) is 11.4 Å². The zero-order valence-electron chi connectivity index (χ0n) is 19.4. The SMILES string of the molecule is CCC(C)c1cccc(COC(=O)CN(CC)c2ccc(N=Nc3nc(Cl)c(C=O)s3)cc2)c1. The highest BCUT2D eigenvalue weighted by molar-refractivity contribution is 7.17. The second kappa shape index (κ2) is 12.4. The maximum atomic E-state index is 12.5. The van der Waals surface area contributed by atoms with Crippen molar-refractivity contribution in [2.45, 2.75) is 39.7 Å². The maximum Gasteiger partial charge on any atom is 0.325 e. The predicted molar refractivity (Wildman–Crippen MR) is 136 cm³/mol. The van der Waals surface area contributed by atoms with E-state index in [9.17, 15) is 9.59 Å². The number of carbonyl (C=O) groups excluding carboxylic acids is 2. The number of thiazole rings is 1. The van der Waals surface area contributed by atoms with Gasteiger partial charge in [-0.25, -0.2) is 4.98 Å². The average Bonchev–Trinajstić information content (AvgIpc) is 3.24. The van der Waals surface area contributed by atoms with Crippen LogP contribution in [0.15, 0.2) is 58.8 Å². The Morgan fingerprint density at radius 1 is 1.21 bits per heavy atom. The lowest BCUT2D eigenvalue weighted by Crippen LogP contribution is -2.30. The number of benzene rings is 2. The number of ether oxygens (including phenoxy) is 1. The summed E-state index contributed by atoms with van der Waals surface area (Å²) in [6.45, 7) is 7.38. The third-order valence-corrected chi connectivity index (χ3v) is 6.67. The fraction of sp³-hybridized carbons (Fsp3) is 0.320. The van der Waals surface area contributed by atoms with Crippen LogP contribution in [0, 0.1) is 0 Å². The Morgan fingerprint density at radius 3 is 2.62 bits per heavy atom. The Balaban J connectivity index is 1.56.